The Morgan fingerprint density at radius 2 is 2.36 bits per heavy atom. The Bertz CT molecular complexity index is 279. The smallest absolute Gasteiger partial charge is 0.0726 e. The highest BCUT2D eigenvalue weighted by Crippen LogP contribution is 2.15. The van der Waals surface area contributed by atoms with E-state index in [2.05, 4.69) is 10.4 Å². The largest absolute Gasteiger partial charge is 0.382 e. The summed E-state index contributed by atoms with van der Waals surface area (Å²) in [7, 11) is 1.93. The molecule has 1 fully saturated rings. The van der Waals surface area contributed by atoms with Crippen LogP contribution in [-0.2, 0) is 11.8 Å². The summed E-state index contributed by atoms with van der Waals surface area (Å²) in [5.41, 5.74) is 1.11. The van der Waals surface area contributed by atoms with Crippen LogP contribution < -0.4 is 5.32 Å². The van der Waals surface area contributed by atoms with Crippen LogP contribution in [-0.4, -0.2) is 29.5 Å². The summed E-state index contributed by atoms with van der Waals surface area (Å²) < 4.78 is 7.12. The molecule has 0 saturated carbocycles. The zero-order valence-electron chi connectivity index (χ0n) is 8.57. The van der Waals surface area contributed by atoms with E-state index in [4.69, 9.17) is 4.74 Å². The van der Waals surface area contributed by atoms with Crippen molar-refractivity contribution in [1.82, 2.24) is 9.78 Å². The monoisotopic (exact) mass is 195 g/mol. The Labute approximate surface area is 84.3 Å². The number of ether oxygens (including phenoxy) is 1. The number of nitrogens with one attached hydrogen (secondary N) is 1. The van der Waals surface area contributed by atoms with Gasteiger partial charge in [-0.05, 0) is 18.8 Å². The van der Waals surface area contributed by atoms with Gasteiger partial charge in [-0.15, -0.1) is 0 Å². The molecule has 1 saturated heterocycles. The topological polar surface area (TPSA) is 39.1 Å². The van der Waals surface area contributed by atoms with Crippen LogP contribution in [0, 0.1) is 5.92 Å². The van der Waals surface area contributed by atoms with Crippen molar-refractivity contribution in [2.75, 3.05) is 25.1 Å². The minimum Gasteiger partial charge on any atom is -0.382 e. The van der Waals surface area contributed by atoms with E-state index >= 15 is 0 Å². The average Bonchev–Trinajstić information content (AvgIpc) is 2.63. The van der Waals surface area contributed by atoms with Crippen molar-refractivity contribution in [3.63, 3.8) is 0 Å². The van der Waals surface area contributed by atoms with Gasteiger partial charge in [-0.25, -0.2) is 0 Å². The van der Waals surface area contributed by atoms with E-state index in [-0.39, 0.29) is 0 Å². The minimum atomic E-state index is 0.754. The third-order valence-corrected chi connectivity index (χ3v) is 2.64. The highest BCUT2D eigenvalue weighted by atomic mass is 16.5. The third kappa shape index (κ3) is 2.48. The molecule has 0 aliphatic carbocycles. The van der Waals surface area contributed by atoms with Gasteiger partial charge in [0, 0.05) is 33.0 Å². The van der Waals surface area contributed by atoms with E-state index in [1.54, 1.807) is 0 Å². The second-order valence-electron chi connectivity index (χ2n) is 3.84. The second kappa shape index (κ2) is 4.46. The molecule has 0 radical (unpaired) electrons. The molecule has 2 rings (SSSR count). The van der Waals surface area contributed by atoms with Crippen molar-refractivity contribution >= 4 is 5.69 Å². The van der Waals surface area contributed by atoms with Gasteiger partial charge in [0.1, 0.15) is 0 Å². The van der Waals surface area contributed by atoms with Crippen LogP contribution in [0.4, 0.5) is 5.69 Å². The van der Waals surface area contributed by atoms with Gasteiger partial charge in [-0.2, -0.15) is 5.10 Å². The zero-order chi connectivity index (χ0) is 9.80. The van der Waals surface area contributed by atoms with Crippen LogP contribution in [0.1, 0.15) is 12.8 Å². The molecule has 4 heteroatoms. The first-order chi connectivity index (χ1) is 6.84. The van der Waals surface area contributed by atoms with E-state index < -0.39 is 0 Å². The van der Waals surface area contributed by atoms with Crippen molar-refractivity contribution < 1.29 is 4.74 Å². The molecule has 0 amide bonds. The van der Waals surface area contributed by atoms with E-state index in [0.717, 1.165) is 31.4 Å². The molecule has 4 nitrogen and oxygen atoms in total. The van der Waals surface area contributed by atoms with Crippen LogP contribution in [0.2, 0.25) is 0 Å². The van der Waals surface area contributed by atoms with Gasteiger partial charge in [0.25, 0.3) is 0 Å². The first-order valence-electron chi connectivity index (χ1n) is 5.15. The lowest BCUT2D eigenvalue weighted by molar-refractivity contribution is 0.0699. The van der Waals surface area contributed by atoms with Gasteiger partial charge in [0.15, 0.2) is 0 Å². The summed E-state index contributed by atoms with van der Waals surface area (Å²) >= 11 is 0. The summed E-state index contributed by atoms with van der Waals surface area (Å²) in [4.78, 5) is 0. The SMILES string of the molecule is Cn1cc(NCC2CCOCC2)cn1. The number of aromatic nitrogens is 2. The molecule has 0 unspecified atom stereocenters. The molecule has 1 N–H and O–H groups in total. The Balaban J connectivity index is 1.76. The van der Waals surface area contributed by atoms with Crippen molar-refractivity contribution in [2.24, 2.45) is 13.0 Å². The van der Waals surface area contributed by atoms with E-state index in [1.807, 2.05) is 24.1 Å². The van der Waals surface area contributed by atoms with Crippen molar-refractivity contribution in [3.05, 3.63) is 12.4 Å². The molecule has 2 heterocycles. The second-order valence-corrected chi connectivity index (χ2v) is 3.84. The number of nitrogens with zero attached hydrogens (tertiary/aromatic N) is 2. The van der Waals surface area contributed by atoms with E-state index in [0.29, 0.717) is 0 Å². The Kier molecular flexibility index (Phi) is 3.03. The van der Waals surface area contributed by atoms with E-state index in [1.165, 1.54) is 12.8 Å². The van der Waals surface area contributed by atoms with Crippen LogP contribution in [0.3, 0.4) is 0 Å². The lowest BCUT2D eigenvalue weighted by Gasteiger charge is -2.22. The highest BCUT2D eigenvalue weighted by Gasteiger charge is 2.13. The fourth-order valence-electron chi connectivity index (χ4n) is 1.73. The Morgan fingerprint density at radius 1 is 1.57 bits per heavy atom. The van der Waals surface area contributed by atoms with Crippen LogP contribution in [0.5, 0.6) is 0 Å². The normalized spacial score (nSPS) is 18.4. The van der Waals surface area contributed by atoms with Gasteiger partial charge in [0.2, 0.25) is 0 Å². The fraction of sp³-hybridized carbons (Fsp3) is 0.700. The highest BCUT2D eigenvalue weighted by molar-refractivity contribution is 5.37. The average molecular weight is 195 g/mol. The number of hydrogen-bond donors (Lipinski definition) is 1. The number of rotatable bonds is 3. The molecule has 0 spiro atoms. The molecule has 0 bridgehead atoms. The van der Waals surface area contributed by atoms with Crippen LogP contribution >= 0.6 is 0 Å². The van der Waals surface area contributed by atoms with Crippen molar-refractivity contribution in [2.45, 2.75) is 12.8 Å². The standard InChI is InChI=1S/C10H17N3O/c1-13-8-10(7-12-13)11-6-9-2-4-14-5-3-9/h7-9,11H,2-6H2,1H3. The molecular formula is C10H17N3O. The Morgan fingerprint density at radius 3 is 3.00 bits per heavy atom. The van der Waals surface area contributed by atoms with Crippen molar-refractivity contribution in [3.8, 4) is 0 Å². The molecular weight excluding hydrogens is 178 g/mol. The molecule has 1 aliphatic heterocycles. The van der Waals surface area contributed by atoms with Crippen LogP contribution in [0.15, 0.2) is 12.4 Å². The third-order valence-electron chi connectivity index (χ3n) is 2.64. The molecule has 0 aromatic carbocycles. The fourth-order valence-corrected chi connectivity index (χ4v) is 1.73. The lowest BCUT2D eigenvalue weighted by Crippen LogP contribution is -2.22. The lowest BCUT2D eigenvalue weighted by atomic mass is 10.0. The maximum Gasteiger partial charge on any atom is 0.0726 e. The minimum absolute atomic E-state index is 0.754. The molecule has 78 valence electrons. The van der Waals surface area contributed by atoms with Gasteiger partial charge >= 0.3 is 0 Å². The van der Waals surface area contributed by atoms with Gasteiger partial charge in [-0.3, -0.25) is 4.68 Å². The van der Waals surface area contributed by atoms with Gasteiger partial charge < -0.3 is 10.1 Å². The molecule has 1 aromatic rings. The number of aryl methyl sites for hydroxylation is 1. The number of hydrogen-bond acceptors (Lipinski definition) is 3. The van der Waals surface area contributed by atoms with Crippen LogP contribution in [0.25, 0.3) is 0 Å². The molecule has 1 aromatic heterocycles. The molecule has 0 atom stereocenters. The predicted molar refractivity (Wildman–Crippen MR) is 55.2 cm³/mol. The van der Waals surface area contributed by atoms with Gasteiger partial charge in [0.05, 0.1) is 11.9 Å². The summed E-state index contributed by atoms with van der Waals surface area (Å²) in [5.74, 6) is 0.754. The summed E-state index contributed by atoms with van der Waals surface area (Å²) in [6, 6.07) is 0. The molecule has 14 heavy (non-hydrogen) atoms. The summed E-state index contributed by atoms with van der Waals surface area (Å²) in [5, 5.41) is 7.51. The number of anilines is 1. The van der Waals surface area contributed by atoms with Gasteiger partial charge in [-0.1, -0.05) is 0 Å². The van der Waals surface area contributed by atoms with Crippen molar-refractivity contribution in [1.29, 1.82) is 0 Å². The first kappa shape index (κ1) is 9.52. The first-order valence-corrected chi connectivity index (χ1v) is 5.15. The maximum absolute atomic E-state index is 5.31. The summed E-state index contributed by atoms with van der Waals surface area (Å²) in [6.07, 6.45) is 6.21. The predicted octanol–water partition coefficient (Wildman–Crippen LogP) is 1.26. The Hall–Kier alpha value is -1.03. The zero-order valence-corrected chi connectivity index (χ0v) is 8.57. The molecule has 1 aliphatic rings. The quantitative estimate of drug-likeness (QED) is 0.789. The van der Waals surface area contributed by atoms with E-state index in [9.17, 15) is 0 Å². The maximum atomic E-state index is 5.31. The summed E-state index contributed by atoms with van der Waals surface area (Å²) in [6.45, 7) is 2.87.